The highest BCUT2D eigenvalue weighted by molar-refractivity contribution is 6.76. The number of ether oxygens (including phenoxy) is 7. The Kier molecular flexibility index (Phi) is 106. The summed E-state index contributed by atoms with van der Waals surface area (Å²) in [6, 6.07) is 14.1. The first kappa shape index (κ1) is 193. The topological polar surface area (TPSA) is 204 Å². The Morgan fingerprint density at radius 2 is 0.700 bits per heavy atom. The van der Waals surface area contributed by atoms with E-state index < -0.39 is 90.8 Å². The molecule has 2 bridgehead atoms. The maximum atomic E-state index is 12.5. The normalized spacial score (nSPS) is 17.5. The van der Waals surface area contributed by atoms with Crippen LogP contribution in [-0.4, -0.2) is 146 Å². The molecule has 0 radical (unpaired) electrons. The van der Waals surface area contributed by atoms with Gasteiger partial charge in [0.2, 0.25) is 0 Å². The highest BCUT2D eigenvalue weighted by Gasteiger charge is 2.71. The molecule has 6 unspecified atom stereocenters. The van der Waals surface area contributed by atoms with Crippen LogP contribution in [0.3, 0.4) is 0 Å². The SMILES string of the molecule is C.C.C.C.C.C.C.C.C.C.C.C.C.C.C.C.CCC(C)(C(=O)OC(C)C(F)(F)F)C(F)(F)F.CCC(C)(C)C(=O)OC.CCC(C)(C)C(=O)OC(C)(C)C1CCC(C)CC1.CCC(C)(C)C(=O)OC1CCC(C(C)(C)C)CC1.CCC(C)(C)C(=O)OCCC[Si](C)(C)C.CCC(C)(C)C(=O)OCCC[Si](C)(C)C.CCC(C)(C)C(=O)OCC[Si](C)(C)C.CCC(C)c1ccccc1.OC(CC1CC2CCC1C2)(C(F)(F)F)C(F)(F)F. The van der Waals surface area contributed by atoms with Crippen LogP contribution >= 0.6 is 0 Å². The summed E-state index contributed by atoms with van der Waals surface area (Å²) in [6.45, 7) is 77.9. The molecule has 4 fully saturated rings. The Morgan fingerprint density at radius 1 is 0.380 bits per heavy atom. The Bertz CT molecular complexity index is 3440. The van der Waals surface area contributed by atoms with E-state index >= 15 is 0 Å². The number of fused-ring (bicyclic) bond motifs is 2. The first-order chi connectivity index (χ1) is 60.2. The van der Waals surface area contributed by atoms with Gasteiger partial charge in [-0.25, -0.2) is 0 Å². The summed E-state index contributed by atoms with van der Waals surface area (Å²) in [5, 5.41) is 9.12. The lowest BCUT2D eigenvalue weighted by Gasteiger charge is -2.39. The average Bonchev–Trinajstić information content (AvgIpc) is 1.50. The average molecular weight is 2250 g/mol. The van der Waals surface area contributed by atoms with E-state index in [1.165, 1.54) is 69.7 Å². The molecule has 30 heteroatoms. The van der Waals surface area contributed by atoms with Crippen LogP contribution in [0.25, 0.3) is 0 Å². The Hall–Kier alpha value is -4.72. The fourth-order valence-electron chi connectivity index (χ4n) is 13.7. The lowest BCUT2D eigenvalue weighted by Crippen LogP contribution is -2.58. The van der Waals surface area contributed by atoms with E-state index in [0.717, 1.165) is 95.4 Å². The highest BCUT2D eigenvalue weighted by Crippen LogP contribution is 2.56. The molecule has 920 valence electrons. The number of carbonyl (C=O) groups excluding carboxylic acids is 7. The molecule has 4 aliphatic carbocycles. The zero-order valence-corrected chi connectivity index (χ0v) is 93.8. The van der Waals surface area contributed by atoms with Crippen LogP contribution in [0.1, 0.15) is 479 Å². The van der Waals surface area contributed by atoms with E-state index in [2.05, 4.69) is 154 Å². The van der Waals surface area contributed by atoms with Gasteiger partial charge in [0.05, 0.1) is 59.4 Å². The fraction of sp³-hybridized carbons (Fsp3) is 0.892. The molecule has 0 spiro atoms. The molecule has 150 heavy (non-hydrogen) atoms. The summed E-state index contributed by atoms with van der Waals surface area (Å²) < 4.78 is 185. The quantitative estimate of drug-likeness (QED) is 0.0228. The molecule has 15 nitrogen and oxygen atoms in total. The summed E-state index contributed by atoms with van der Waals surface area (Å²) in [5.41, 5.74) is -7.93. The lowest BCUT2D eigenvalue weighted by atomic mass is 9.72. The predicted octanol–water partition coefficient (Wildman–Crippen LogP) is 41.9. The largest absolute Gasteiger partial charge is 0.469 e. The number of esters is 7. The van der Waals surface area contributed by atoms with Gasteiger partial charge in [-0.05, 0) is 298 Å². The molecule has 4 saturated carbocycles. The minimum absolute atomic E-state index is 0. The van der Waals surface area contributed by atoms with Crippen LogP contribution in [0.4, 0.5) is 52.7 Å². The smallest absolute Gasteiger partial charge is 0.426 e. The summed E-state index contributed by atoms with van der Waals surface area (Å²) in [5.74, 6) is 0.0199. The van der Waals surface area contributed by atoms with Crippen LogP contribution in [-0.2, 0) is 66.7 Å². The van der Waals surface area contributed by atoms with E-state index in [9.17, 15) is 86.2 Å². The van der Waals surface area contributed by atoms with Gasteiger partial charge >= 0.3 is 66.5 Å². The van der Waals surface area contributed by atoms with Gasteiger partial charge < -0.3 is 38.3 Å². The van der Waals surface area contributed by atoms with Crippen molar-refractivity contribution in [2.45, 2.75) is 598 Å². The second kappa shape index (κ2) is 82.7. The van der Waals surface area contributed by atoms with Gasteiger partial charge in [-0.1, -0.05) is 329 Å². The zero-order valence-electron chi connectivity index (χ0n) is 90.8. The molecule has 0 heterocycles. The van der Waals surface area contributed by atoms with E-state index in [1.54, 1.807) is 0 Å². The first-order valence-electron chi connectivity index (χ1n) is 49.5. The van der Waals surface area contributed by atoms with Gasteiger partial charge in [0.15, 0.2) is 11.5 Å². The van der Waals surface area contributed by atoms with Crippen molar-refractivity contribution >= 4 is 66.0 Å². The number of hydrogen-bond donors (Lipinski definition) is 1. The zero-order chi connectivity index (χ0) is 106. The van der Waals surface area contributed by atoms with Gasteiger partial charge in [0.25, 0.3) is 5.60 Å². The second-order valence-electron chi connectivity index (χ2n) is 47.1. The molecule has 6 atom stereocenters. The summed E-state index contributed by atoms with van der Waals surface area (Å²) in [7, 11) is -1.60. The minimum Gasteiger partial charge on any atom is -0.469 e. The van der Waals surface area contributed by atoms with Crippen LogP contribution in [0.2, 0.25) is 77.1 Å². The first-order valence-corrected chi connectivity index (χ1v) is 60.6. The third-order valence-electron chi connectivity index (χ3n) is 27.9. The van der Waals surface area contributed by atoms with Crippen LogP contribution < -0.4 is 0 Å². The minimum atomic E-state index is -5.67. The summed E-state index contributed by atoms with van der Waals surface area (Å²) in [6.07, 6.45) is -5.30. The standard InChI is InChI=1S/2C16H30O2.2C12H26O2Si.C11H14F6O.C11H24O2Si.C10H14.C9H12F6O2.C7H14O2.16CH4/c1-7-16(5,6)14(17)18-13-10-8-12(9-11-13)15(2,3)4;1-7-15(3,4)14(17)18-16(5,6)13-10-8-12(2)9-11-13;2*1-7-12(2,3)11(13)14-9-8-10-15(4,5)6;12-10(13,14)9(18,11(15,16)17)5-8-4-6-1-2-7(8)3-6;1-7-11(2,3)10(12)13-8-9-14(4,5)6;1-3-9(2)10-7-5-4-6-8-10;1-4-7(3,9(13,14)15)6(16)17-5(2)8(10,11)12;1-5-7(2,3)6(8)9-4;;;;;;;;;;;;;;;;/h2*12-13H,7-11H2,1-6H3;2*7-10H2,1-6H3;6-8,18H,1-5H2;7-9H2,1-6H3;4-9H,3H2,1-2H3;5H,4H2,1-3H3;5H2,1-4H3;16*1H4. The molecular formula is C120H254F12O15Si3. The maximum Gasteiger partial charge on any atom is 0.426 e. The van der Waals surface area contributed by atoms with Gasteiger partial charge in [-0.15, -0.1) is 0 Å². The van der Waals surface area contributed by atoms with E-state index in [0.29, 0.717) is 70.2 Å². The van der Waals surface area contributed by atoms with Gasteiger partial charge in [-0.2, -0.15) is 52.7 Å². The Balaban J connectivity index is -0.0000000699. The third-order valence-corrected chi connectivity index (χ3v) is 33.3. The number of methoxy groups -OCH3 is 1. The maximum absolute atomic E-state index is 12.5. The molecular weight excluding hydrogens is 1990 g/mol. The number of halogens is 12. The van der Waals surface area contributed by atoms with Crippen molar-refractivity contribution in [2.75, 3.05) is 26.9 Å². The van der Waals surface area contributed by atoms with Gasteiger partial charge in [0, 0.05) is 24.2 Å². The highest BCUT2D eigenvalue weighted by atomic mass is 28.3. The molecule has 1 aromatic carbocycles. The molecule has 0 saturated heterocycles. The number of aliphatic hydroxyl groups is 1. The fourth-order valence-corrected chi connectivity index (χ4v) is 16.8. The number of benzene rings is 1. The van der Waals surface area contributed by atoms with Crippen molar-refractivity contribution in [3.8, 4) is 0 Å². The third kappa shape index (κ3) is 74.5. The van der Waals surface area contributed by atoms with E-state index in [-0.39, 0.29) is 211 Å². The summed E-state index contributed by atoms with van der Waals surface area (Å²) in [4.78, 5) is 81.0. The van der Waals surface area contributed by atoms with Crippen molar-refractivity contribution in [1.29, 1.82) is 0 Å². The van der Waals surface area contributed by atoms with E-state index in [1.807, 2.05) is 125 Å². The molecule has 0 aliphatic heterocycles. The monoisotopic (exact) mass is 2250 g/mol. The van der Waals surface area contributed by atoms with Crippen LogP contribution in [0, 0.1) is 78.8 Å². The van der Waals surface area contributed by atoms with Crippen molar-refractivity contribution in [1.82, 2.24) is 0 Å². The predicted molar refractivity (Wildman–Crippen MR) is 635 cm³/mol. The lowest BCUT2D eigenvalue weighted by molar-refractivity contribution is -0.373. The summed E-state index contributed by atoms with van der Waals surface area (Å²) >= 11 is 0. The van der Waals surface area contributed by atoms with Crippen molar-refractivity contribution in [3.63, 3.8) is 0 Å². The van der Waals surface area contributed by atoms with Crippen molar-refractivity contribution in [3.05, 3.63) is 35.9 Å². The van der Waals surface area contributed by atoms with Crippen LogP contribution in [0.5, 0.6) is 0 Å². The molecule has 0 aromatic heterocycles. The number of rotatable bonds is 33. The second-order valence-corrected chi connectivity index (χ2v) is 64.0. The molecule has 1 aromatic rings. The Labute approximate surface area is 925 Å². The number of alkyl halides is 12. The van der Waals surface area contributed by atoms with Crippen molar-refractivity contribution in [2.24, 2.45) is 78.8 Å². The molecule has 4 aliphatic rings. The van der Waals surface area contributed by atoms with Gasteiger partial charge in [-0.3, -0.25) is 33.6 Å². The number of carbonyl (C=O) groups is 7. The van der Waals surface area contributed by atoms with Crippen molar-refractivity contribution < 1.29 is 125 Å². The number of hydrogen-bond acceptors (Lipinski definition) is 15. The van der Waals surface area contributed by atoms with Gasteiger partial charge in [0.1, 0.15) is 11.7 Å². The van der Waals surface area contributed by atoms with Crippen LogP contribution in [0.15, 0.2) is 30.3 Å². The molecule has 5 rings (SSSR count). The molecule has 1 N–H and O–H groups in total. The molecule has 0 amide bonds. The van der Waals surface area contributed by atoms with E-state index in [4.69, 9.17) is 28.8 Å². The Morgan fingerprint density at radius 3 is 0.967 bits per heavy atom.